The number of unbranched alkanes of at least 4 members (excludes halogenated alkanes) is 1. The van der Waals surface area contributed by atoms with Gasteiger partial charge >= 0.3 is 0 Å². The summed E-state index contributed by atoms with van der Waals surface area (Å²) >= 11 is 0. The van der Waals surface area contributed by atoms with E-state index in [1.807, 2.05) is 11.6 Å². The Balaban J connectivity index is 2.05. The molecule has 6 nitrogen and oxygen atoms in total. The van der Waals surface area contributed by atoms with Crippen molar-refractivity contribution in [2.24, 2.45) is 0 Å². The number of nitrogens with zero attached hydrogens (tertiary/aromatic N) is 5. The van der Waals surface area contributed by atoms with Crippen LogP contribution in [-0.4, -0.2) is 25.0 Å². The maximum Gasteiger partial charge on any atom is 0.184 e. The zero-order valence-corrected chi connectivity index (χ0v) is 17.3. The smallest absolute Gasteiger partial charge is 0.184 e. The van der Waals surface area contributed by atoms with Crippen LogP contribution < -0.4 is 5.32 Å². The van der Waals surface area contributed by atoms with Gasteiger partial charge in [-0.3, -0.25) is 0 Å². The minimum Gasteiger partial charge on any atom is -0.338 e. The number of nitrogens with one attached hydrogen (secondary N) is 1. The molecule has 0 saturated heterocycles. The topological polar surface area (TPSA) is 68.5 Å². The normalized spacial score (nSPS) is 12.5. The van der Waals surface area contributed by atoms with Crippen LogP contribution in [0.3, 0.4) is 0 Å². The van der Waals surface area contributed by atoms with Crippen LogP contribution in [0.25, 0.3) is 11.2 Å². The van der Waals surface area contributed by atoms with Gasteiger partial charge in [0, 0.05) is 5.69 Å². The lowest BCUT2D eigenvalue weighted by Crippen LogP contribution is -2.11. The molecule has 1 aromatic carbocycles. The van der Waals surface area contributed by atoms with Gasteiger partial charge < -0.3 is 5.32 Å². The van der Waals surface area contributed by atoms with Crippen LogP contribution in [0, 0.1) is 27.7 Å². The second-order valence-electron chi connectivity index (χ2n) is 7.43. The number of anilines is 2. The van der Waals surface area contributed by atoms with Gasteiger partial charge in [-0.05, 0) is 51.7 Å². The first-order chi connectivity index (χ1) is 12.9. The Hall–Kier alpha value is -2.50. The molecule has 0 bridgehead atoms. The summed E-state index contributed by atoms with van der Waals surface area (Å²) in [7, 11) is 0. The molecule has 27 heavy (non-hydrogen) atoms. The molecule has 3 rings (SSSR count). The van der Waals surface area contributed by atoms with Gasteiger partial charge in [0.05, 0.1) is 6.04 Å². The van der Waals surface area contributed by atoms with Crippen LogP contribution in [0.15, 0.2) is 12.1 Å². The molecule has 0 amide bonds. The first-order valence-corrected chi connectivity index (χ1v) is 9.89. The number of aromatic nitrogens is 5. The zero-order chi connectivity index (χ0) is 19.6. The highest BCUT2D eigenvalue weighted by atomic mass is 15.5. The fourth-order valence-electron chi connectivity index (χ4n) is 3.71. The van der Waals surface area contributed by atoms with Crippen molar-refractivity contribution in [1.29, 1.82) is 0 Å². The molecule has 3 aromatic rings. The molecule has 0 aliphatic rings. The SMILES string of the molecule is CCCCC(CC)n1nnc2c(Nc3c(C)cc(C)cc3C)nc(C)nc21. The molecule has 0 aliphatic carbocycles. The van der Waals surface area contributed by atoms with Gasteiger partial charge in [0.15, 0.2) is 17.0 Å². The van der Waals surface area contributed by atoms with Crippen molar-refractivity contribution in [1.82, 2.24) is 25.0 Å². The summed E-state index contributed by atoms with van der Waals surface area (Å²) in [5.41, 5.74) is 6.27. The molecule has 1 atom stereocenters. The van der Waals surface area contributed by atoms with E-state index in [9.17, 15) is 0 Å². The number of hydrogen-bond donors (Lipinski definition) is 1. The number of aryl methyl sites for hydroxylation is 4. The van der Waals surface area contributed by atoms with Gasteiger partial charge in [0.25, 0.3) is 0 Å². The van der Waals surface area contributed by atoms with E-state index in [0.29, 0.717) is 6.04 Å². The summed E-state index contributed by atoms with van der Waals surface area (Å²) in [5, 5.41) is 12.4. The fourth-order valence-corrected chi connectivity index (χ4v) is 3.71. The number of rotatable bonds is 7. The predicted molar refractivity (Wildman–Crippen MR) is 111 cm³/mol. The third kappa shape index (κ3) is 3.94. The Morgan fingerprint density at radius 1 is 1.04 bits per heavy atom. The van der Waals surface area contributed by atoms with E-state index in [0.717, 1.165) is 41.3 Å². The second-order valence-corrected chi connectivity index (χ2v) is 7.43. The van der Waals surface area contributed by atoms with Crippen molar-refractivity contribution in [3.63, 3.8) is 0 Å². The Morgan fingerprint density at radius 2 is 1.74 bits per heavy atom. The van der Waals surface area contributed by atoms with E-state index in [1.165, 1.54) is 29.5 Å². The highest BCUT2D eigenvalue weighted by molar-refractivity contribution is 5.85. The Morgan fingerprint density at radius 3 is 2.37 bits per heavy atom. The van der Waals surface area contributed by atoms with Crippen LogP contribution in [0.5, 0.6) is 0 Å². The molecule has 1 unspecified atom stereocenters. The lowest BCUT2D eigenvalue weighted by molar-refractivity contribution is 0.400. The first-order valence-electron chi connectivity index (χ1n) is 9.89. The van der Waals surface area contributed by atoms with Crippen molar-refractivity contribution in [3.05, 3.63) is 34.6 Å². The lowest BCUT2D eigenvalue weighted by atomic mass is 10.1. The summed E-state index contributed by atoms with van der Waals surface area (Å²) in [5.74, 6) is 1.45. The molecule has 0 aliphatic heterocycles. The Bertz CT molecular complexity index is 920. The van der Waals surface area contributed by atoms with Crippen molar-refractivity contribution in [3.8, 4) is 0 Å². The zero-order valence-electron chi connectivity index (χ0n) is 17.3. The summed E-state index contributed by atoms with van der Waals surface area (Å²) < 4.78 is 1.99. The van der Waals surface area contributed by atoms with E-state index < -0.39 is 0 Å². The summed E-state index contributed by atoms with van der Waals surface area (Å²) in [6, 6.07) is 4.67. The summed E-state index contributed by atoms with van der Waals surface area (Å²) in [4.78, 5) is 9.28. The fraction of sp³-hybridized carbons (Fsp3) is 0.524. The third-order valence-corrected chi connectivity index (χ3v) is 5.06. The highest BCUT2D eigenvalue weighted by Gasteiger charge is 2.19. The molecule has 6 heteroatoms. The molecule has 0 spiro atoms. The predicted octanol–water partition coefficient (Wildman–Crippen LogP) is 5.34. The van der Waals surface area contributed by atoms with Gasteiger partial charge in [-0.15, -0.1) is 5.10 Å². The van der Waals surface area contributed by atoms with Crippen LogP contribution in [0.2, 0.25) is 0 Å². The van der Waals surface area contributed by atoms with Gasteiger partial charge in [-0.1, -0.05) is 49.6 Å². The van der Waals surface area contributed by atoms with Gasteiger partial charge in [0.1, 0.15) is 5.82 Å². The van der Waals surface area contributed by atoms with Crippen LogP contribution in [-0.2, 0) is 0 Å². The van der Waals surface area contributed by atoms with Gasteiger partial charge in [-0.25, -0.2) is 14.6 Å². The monoisotopic (exact) mass is 366 g/mol. The summed E-state index contributed by atoms with van der Waals surface area (Å²) in [6.45, 7) is 12.7. The van der Waals surface area contributed by atoms with E-state index in [1.54, 1.807) is 0 Å². The second kappa shape index (κ2) is 8.03. The molecule has 0 fully saturated rings. The minimum atomic E-state index is 0.319. The summed E-state index contributed by atoms with van der Waals surface area (Å²) in [6.07, 6.45) is 4.46. The third-order valence-electron chi connectivity index (χ3n) is 5.06. The molecular weight excluding hydrogens is 336 g/mol. The quantitative estimate of drug-likeness (QED) is 0.611. The van der Waals surface area contributed by atoms with Crippen molar-refractivity contribution in [2.45, 2.75) is 73.3 Å². The largest absolute Gasteiger partial charge is 0.338 e. The maximum absolute atomic E-state index is 4.66. The maximum atomic E-state index is 4.66. The van der Waals surface area contributed by atoms with Crippen molar-refractivity contribution < 1.29 is 0 Å². The van der Waals surface area contributed by atoms with Gasteiger partial charge in [0.2, 0.25) is 0 Å². The van der Waals surface area contributed by atoms with Crippen LogP contribution in [0.1, 0.15) is 68.1 Å². The van der Waals surface area contributed by atoms with E-state index in [4.69, 9.17) is 0 Å². The Kier molecular flexibility index (Phi) is 5.73. The molecule has 2 aromatic heterocycles. The number of hydrogen-bond acceptors (Lipinski definition) is 5. The van der Waals surface area contributed by atoms with Crippen molar-refractivity contribution >= 4 is 22.7 Å². The molecule has 1 N–H and O–H groups in total. The molecule has 144 valence electrons. The highest BCUT2D eigenvalue weighted by Crippen LogP contribution is 2.29. The number of benzene rings is 1. The van der Waals surface area contributed by atoms with E-state index >= 15 is 0 Å². The Labute approximate surface area is 161 Å². The molecule has 0 saturated carbocycles. The van der Waals surface area contributed by atoms with Crippen LogP contribution >= 0.6 is 0 Å². The van der Waals surface area contributed by atoms with E-state index in [-0.39, 0.29) is 0 Å². The average Bonchev–Trinajstić information content (AvgIpc) is 3.02. The minimum absolute atomic E-state index is 0.319. The van der Waals surface area contributed by atoms with Crippen molar-refractivity contribution in [2.75, 3.05) is 5.32 Å². The molecule has 2 heterocycles. The average molecular weight is 367 g/mol. The molecular formula is C21H30N6. The van der Waals surface area contributed by atoms with Crippen LogP contribution in [0.4, 0.5) is 11.5 Å². The first kappa shape index (κ1) is 19.3. The van der Waals surface area contributed by atoms with Gasteiger partial charge in [-0.2, -0.15) is 0 Å². The number of fused-ring (bicyclic) bond motifs is 1. The standard InChI is InChI=1S/C21H30N6/c1-7-9-10-17(8-2)27-21-19(25-26-27)20(22-16(6)23-21)24-18-14(4)11-13(3)12-15(18)5/h11-12,17H,7-10H2,1-6H3,(H,22,23,24). The lowest BCUT2D eigenvalue weighted by Gasteiger charge is -2.16. The van der Waals surface area contributed by atoms with E-state index in [2.05, 4.69) is 72.3 Å². The molecule has 0 radical (unpaired) electrons.